The summed E-state index contributed by atoms with van der Waals surface area (Å²) in [6, 6.07) is 2.14. The maximum Gasteiger partial charge on any atom is 0.227 e. The molecule has 2 saturated heterocycles. The van der Waals surface area contributed by atoms with Gasteiger partial charge >= 0.3 is 0 Å². The summed E-state index contributed by atoms with van der Waals surface area (Å²) in [7, 11) is 0. The van der Waals surface area contributed by atoms with Crippen LogP contribution in [0.3, 0.4) is 0 Å². The van der Waals surface area contributed by atoms with E-state index in [1.54, 1.807) is 11.3 Å². The summed E-state index contributed by atoms with van der Waals surface area (Å²) in [6.07, 6.45) is 2.51. The van der Waals surface area contributed by atoms with E-state index in [1.165, 1.54) is 12.8 Å². The predicted octanol–water partition coefficient (Wildman–Crippen LogP) is 0.958. The first-order valence-electron chi connectivity index (χ1n) is 6.95. The lowest BCUT2D eigenvalue weighted by Crippen LogP contribution is -2.41. The minimum atomic E-state index is -0.385. The number of hydrogen-bond donors (Lipinski definition) is 1. The molecule has 3 rings (SSSR count). The number of aliphatic hydroxyl groups is 1. The third-order valence-corrected chi connectivity index (χ3v) is 4.89. The van der Waals surface area contributed by atoms with E-state index in [4.69, 9.17) is 0 Å². The number of carbonyl (C=O) groups excluding carboxylic acids is 1. The molecule has 1 amide bonds. The first-order chi connectivity index (χ1) is 9.24. The van der Waals surface area contributed by atoms with Crippen molar-refractivity contribution in [2.75, 3.05) is 26.2 Å². The van der Waals surface area contributed by atoms with Gasteiger partial charge in [-0.05, 0) is 48.3 Å². The zero-order valence-electron chi connectivity index (χ0n) is 11.0. The Morgan fingerprint density at radius 3 is 2.84 bits per heavy atom. The molecule has 4 nitrogen and oxygen atoms in total. The molecular formula is C14H20N2O2S. The number of thiophene rings is 1. The van der Waals surface area contributed by atoms with E-state index < -0.39 is 0 Å². The SMILES string of the molecule is O=C(Cc1ccsc1)N1C[C@@H](O)[C@H](N2CCCC2)C1. The van der Waals surface area contributed by atoms with Crippen LogP contribution >= 0.6 is 11.3 Å². The van der Waals surface area contributed by atoms with Gasteiger partial charge in [0.25, 0.3) is 0 Å². The molecule has 0 unspecified atom stereocenters. The topological polar surface area (TPSA) is 43.8 Å². The number of hydrogen-bond acceptors (Lipinski definition) is 4. The monoisotopic (exact) mass is 280 g/mol. The van der Waals surface area contributed by atoms with Crippen LogP contribution in [0.15, 0.2) is 16.8 Å². The van der Waals surface area contributed by atoms with Crippen molar-refractivity contribution in [1.82, 2.24) is 9.80 Å². The average molecular weight is 280 g/mol. The Bertz CT molecular complexity index is 429. The van der Waals surface area contributed by atoms with E-state index in [9.17, 15) is 9.90 Å². The smallest absolute Gasteiger partial charge is 0.227 e. The molecule has 2 aliphatic rings. The fourth-order valence-corrected chi connectivity index (χ4v) is 3.75. The number of likely N-dealkylation sites (tertiary alicyclic amines) is 2. The second-order valence-corrected chi connectivity index (χ2v) is 6.26. The Kier molecular flexibility index (Phi) is 3.86. The summed E-state index contributed by atoms with van der Waals surface area (Å²) < 4.78 is 0. The molecule has 2 fully saturated rings. The fraction of sp³-hybridized carbons (Fsp3) is 0.643. The number of β-amino-alcohol motifs (C(OH)–C–C–N with tert-alkyl or cyclic N) is 1. The summed E-state index contributed by atoms with van der Waals surface area (Å²) in [5, 5.41) is 14.2. The van der Waals surface area contributed by atoms with Crippen LogP contribution in [-0.2, 0) is 11.2 Å². The fourth-order valence-electron chi connectivity index (χ4n) is 3.08. The molecule has 0 aliphatic carbocycles. The summed E-state index contributed by atoms with van der Waals surface area (Å²) in [6.45, 7) is 3.30. The Balaban J connectivity index is 1.59. The minimum Gasteiger partial charge on any atom is -0.390 e. The van der Waals surface area contributed by atoms with Crippen molar-refractivity contribution in [2.24, 2.45) is 0 Å². The summed E-state index contributed by atoms with van der Waals surface area (Å²) in [5.74, 6) is 0.138. The summed E-state index contributed by atoms with van der Waals surface area (Å²) in [5.41, 5.74) is 1.08. The van der Waals surface area contributed by atoms with Crippen molar-refractivity contribution in [2.45, 2.75) is 31.4 Å². The van der Waals surface area contributed by atoms with Crippen molar-refractivity contribution in [1.29, 1.82) is 0 Å². The van der Waals surface area contributed by atoms with Crippen LogP contribution in [0.5, 0.6) is 0 Å². The zero-order valence-corrected chi connectivity index (χ0v) is 11.8. The summed E-state index contributed by atoms with van der Waals surface area (Å²) in [4.78, 5) is 16.4. The van der Waals surface area contributed by atoms with Gasteiger partial charge in [-0.2, -0.15) is 11.3 Å². The molecule has 0 radical (unpaired) electrons. The molecule has 1 aromatic heterocycles. The molecule has 0 aromatic carbocycles. The van der Waals surface area contributed by atoms with E-state index in [-0.39, 0.29) is 18.1 Å². The van der Waals surface area contributed by atoms with E-state index in [0.29, 0.717) is 19.5 Å². The number of rotatable bonds is 3. The lowest BCUT2D eigenvalue weighted by Gasteiger charge is -2.25. The van der Waals surface area contributed by atoms with E-state index in [0.717, 1.165) is 18.7 Å². The average Bonchev–Trinajstić information content (AvgIpc) is 3.07. The third-order valence-electron chi connectivity index (χ3n) is 4.16. The standard InChI is InChI=1S/C14H20N2O2S/c17-13-9-16(8-12(13)15-4-1-2-5-15)14(18)7-11-3-6-19-10-11/h3,6,10,12-13,17H,1-2,4-5,7-9H2/t12-,13-/m1/s1. The Morgan fingerprint density at radius 2 is 2.16 bits per heavy atom. The van der Waals surface area contributed by atoms with Crippen molar-refractivity contribution in [3.8, 4) is 0 Å². The van der Waals surface area contributed by atoms with Crippen molar-refractivity contribution < 1.29 is 9.90 Å². The number of aliphatic hydroxyl groups excluding tert-OH is 1. The van der Waals surface area contributed by atoms with Crippen LogP contribution in [-0.4, -0.2) is 59.1 Å². The highest BCUT2D eigenvalue weighted by Gasteiger charge is 2.38. The first-order valence-corrected chi connectivity index (χ1v) is 7.89. The molecule has 2 atom stereocenters. The Labute approximate surface area is 117 Å². The molecule has 5 heteroatoms. The first kappa shape index (κ1) is 13.1. The number of nitrogens with zero attached hydrogens (tertiary/aromatic N) is 2. The van der Waals surface area contributed by atoms with Crippen LogP contribution in [0.2, 0.25) is 0 Å². The maximum absolute atomic E-state index is 12.2. The molecule has 2 aliphatic heterocycles. The van der Waals surface area contributed by atoms with Gasteiger partial charge in [-0.1, -0.05) is 0 Å². The van der Waals surface area contributed by atoms with E-state index in [1.807, 2.05) is 21.7 Å². The van der Waals surface area contributed by atoms with Crippen LogP contribution in [0.25, 0.3) is 0 Å². The van der Waals surface area contributed by atoms with Crippen molar-refractivity contribution in [3.63, 3.8) is 0 Å². The summed E-state index contributed by atoms with van der Waals surface area (Å²) >= 11 is 1.62. The second kappa shape index (κ2) is 5.61. The van der Waals surface area contributed by atoms with Crippen LogP contribution in [0, 0.1) is 0 Å². The third kappa shape index (κ3) is 2.83. The molecular weight excluding hydrogens is 260 g/mol. The van der Waals surface area contributed by atoms with Crippen LogP contribution < -0.4 is 0 Å². The molecule has 3 heterocycles. The highest BCUT2D eigenvalue weighted by atomic mass is 32.1. The second-order valence-electron chi connectivity index (χ2n) is 5.48. The largest absolute Gasteiger partial charge is 0.390 e. The van der Waals surface area contributed by atoms with Gasteiger partial charge in [-0.3, -0.25) is 9.69 Å². The van der Waals surface area contributed by atoms with Gasteiger partial charge in [-0.25, -0.2) is 0 Å². The quantitative estimate of drug-likeness (QED) is 0.897. The van der Waals surface area contributed by atoms with Crippen LogP contribution in [0.1, 0.15) is 18.4 Å². The van der Waals surface area contributed by atoms with Crippen molar-refractivity contribution >= 4 is 17.2 Å². The van der Waals surface area contributed by atoms with E-state index >= 15 is 0 Å². The van der Waals surface area contributed by atoms with Gasteiger partial charge in [0.1, 0.15) is 0 Å². The predicted molar refractivity (Wildman–Crippen MR) is 75.2 cm³/mol. The molecule has 0 saturated carbocycles. The Hall–Kier alpha value is -0.910. The molecule has 1 N–H and O–H groups in total. The molecule has 104 valence electrons. The Morgan fingerprint density at radius 1 is 1.37 bits per heavy atom. The van der Waals surface area contributed by atoms with Gasteiger partial charge in [-0.15, -0.1) is 0 Å². The molecule has 19 heavy (non-hydrogen) atoms. The number of carbonyl (C=O) groups is 1. The highest BCUT2D eigenvalue weighted by Crippen LogP contribution is 2.21. The van der Waals surface area contributed by atoms with Gasteiger partial charge in [0, 0.05) is 13.1 Å². The zero-order chi connectivity index (χ0) is 13.2. The van der Waals surface area contributed by atoms with E-state index in [2.05, 4.69) is 4.90 Å². The van der Waals surface area contributed by atoms with Crippen LogP contribution in [0.4, 0.5) is 0 Å². The lowest BCUT2D eigenvalue weighted by atomic mass is 10.2. The normalized spacial score (nSPS) is 28.2. The van der Waals surface area contributed by atoms with Gasteiger partial charge in [0.15, 0.2) is 0 Å². The number of amides is 1. The molecule has 0 bridgehead atoms. The van der Waals surface area contributed by atoms with Gasteiger partial charge in [0.2, 0.25) is 5.91 Å². The lowest BCUT2D eigenvalue weighted by molar-refractivity contribution is -0.129. The molecule has 0 spiro atoms. The van der Waals surface area contributed by atoms with Crippen molar-refractivity contribution in [3.05, 3.63) is 22.4 Å². The van der Waals surface area contributed by atoms with Gasteiger partial charge in [0.05, 0.1) is 18.6 Å². The molecule has 1 aromatic rings. The van der Waals surface area contributed by atoms with Gasteiger partial charge < -0.3 is 10.0 Å². The minimum absolute atomic E-state index is 0.138. The maximum atomic E-state index is 12.2. The highest BCUT2D eigenvalue weighted by molar-refractivity contribution is 7.07.